The quantitative estimate of drug-likeness (QED) is 0.913. The van der Waals surface area contributed by atoms with E-state index in [1.54, 1.807) is 12.3 Å². The average Bonchev–Trinajstić information content (AvgIpc) is 2.54. The van der Waals surface area contributed by atoms with E-state index in [-0.39, 0.29) is 17.9 Å². The summed E-state index contributed by atoms with van der Waals surface area (Å²) < 4.78 is 0. The van der Waals surface area contributed by atoms with E-state index >= 15 is 0 Å². The molecule has 1 amide bonds. The van der Waals surface area contributed by atoms with Crippen LogP contribution in [0.2, 0.25) is 0 Å². The lowest BCUT2D eigenvalue weighted by atomic mass is 9.86. The van der Waals surface area contributed by atoms with Gasteiger partial charge < -0.3 is 10.4 Å². The molecular formula is C17H18N2O3. The topological polar surface area (TPSA) is 79.3 Å². The number of nitrogens with zero attached hydrogens (tertiary/aromatic N) is 1. The van der Waals surface area contributed by atoms with Crippen molar-refractivity contribution >= 4 is 22.8 Å². The Labute approximate surface area is 128 Å². The molecule has 0 unspecified atom stereocenters. The molecule has 1 aliphatic carbocycles. The number of pyridine rings is 1. The number of carbonyl (C=O) groups excluding carboxylic acids is 1. The van der Waals surface area contributed by atoms with Crippen LogP contribution in [-0.4, -0.2) is 28.0 Å². The van der Waals surface area contributed by atoms with Crippen LogP contribution < -0.4 is 5.32 Å². The lowest BCUT2D eigenvalue weighted by Gasteiger charge is -2.26. The van der Waals surface area contributed by atoms with E-state index in [0.29, 0.717) is 36.8 Å². The predicted molar refractivity (Wildman–Crippen MR) is 82.6 cm³/mol. The molecule has 1 heterocycles. The van der Waals surface area contributed by atoms with E-state index < -0.39 is 5.97 Å². The van der Waals surface area contributed by atoms with Crippen molar-refractivity contribution in [2.24, 2.45) is 5.92 Å². The van der Waals surface area contributed by atoms with Crippen LogP contribution in [0.1, 0.15) is 36.0 Å². The van der Waals surface area contributed by atoms with Gasteiger partial charge in [-0.05, 0) is 37.8 Å². The minimum absolute atomic E-state index is 0.0436. The van der Waals surface area contributed by atoms with Crippen molar-refractivity contribution < 1.29 is 14.7 Å². The first-order valence-corrected chi connectivity index (χ1v) is 7.52. The summed E-state index contributed by atoms with van der Waals surface area (Å²) in [6.45, 7) is 0. The number of hydrogen-bond acceptors (Lipinski definition) is 3. The Morgan fingerprint density at radius 1 is 1.09 bits per heavy atom. The Morgan fingerprint density at radius 2 is 1.82 bits per heavy atom. The van der Waals surface area contributed by atoms with Crippen molar-refractivity contribution in [2.45, 2.75) is 31.7 Å². The first kappa shape index (κ1) is 14.5. The number of benzene rings is 1. The van der Waals surface area contributed by atoms with Gasteiger partial charge in [0.1, 0.15) is 0 Å². The lowest BCUT2D eigenvalue weighted by molar-refractivity contribution is -0.142. The van der Waals surface area contributed by atoms with Crippen LogP contribution in [0.4, 0.5) is 0 Å². The molecular weight excluding hydrogens is 280 g/mol. The Morgan fingerprint density at radius 3 is 2.55 bits per heavy atom. The molecule has 0 atom stereocenters. The lowest BCUT2D eigenvalue weighted by Crippen LogP contribution is -2.38. The molecule has 0 spiro atoms. The zero-order chi connectivity index (χ0) is 15.5. The summed E-state index contributed by atoms with van der Waals surface area (Å²) in [5.74, 6) is -1.14. The summed E-state index contributed by atoms with van der Waals surface area (Å²) >= 11 is 0. The highest BCUT2D eigenvalue weighted by molar-refractivity contribution is 6.05. The molecule has 1 saturated carbocycles. The molecule has 5 heteroatoms. The molecule has 0 radical (unpaired) electrons. The number of para-hydroxylation sites is 1. The second-order valence-electron chi connectivity index (χ2n) is 5.74. The molecule has 0 bridgehead atoms. The molecule has 5 nitrogen and oxygen atoms in total. The number of nitrogens with one attached hydrogen (secondary N) is 1. The van der Waals surface area contributed by atoms with Crippen LogP contribution >= 0.6 is 0 Å². The van der Waals surface area contributed by atoms with Gasteiger partial charge in [0.2, 0.25) is 0 Å². The van der Waals surface area contributed by atoms with Gasteiger partial charge in [0.05, 0.1) is 17.0 Å². The van der Waals surface area contributed by atoms with E-state index in [1.807, 2.05) is 24.3 Å². The van der Waals surface area contributed by atoms with Crippen LogP contribution in [0.5, 0.6) is 0 Å². The van der Waals surface area contributed by atoms with E-state index in [9.17, 15) is 9.59 Å². The van der Waals surface area contributed by atoms with Gasteiger partial charge in [0, 0.05) is 17.6 Å². The molecule has 1 fully saturated rings. The smallest absolute Gasteiger partial charge is 0.306 e. The van der Waals surface area contributed by atoms with E-state index in [1.165, 1.54) is 0 Å². The van der Waals surface area contributed by atoms with Crippen molar-refractivity contribution in [2.75, 3.05) is 0 Å². The molecule has 1 aliphatic rings. The number of hydrogen-bond donors (Lipinski definition) is 2. The number of aromatic nitrogens is 1. The maximum absolute atomic E-state index is 12.5. The molecule has 1 aromatic carbocycles. The largest absolute Gasteiger partial charge is 0.481 e. The SMILES string of the molecule is O=C(NC1CCC(C(=O)O)CC1)c1cccc2cccnc12. The zero-order valence-electron chi connectivity index (χ0n) is 12.2. The van der Waals surface area contributed by atoms with Gasteiger partial charge in [-0.1, -0.05) is 18.2 Å². The van der Waals surface area contributed by atoms with Crippen LogP contribution in [0.3, 0.4) is 0 Å². The van der Waals surface area contributed by atoms with Crippen molar-refractivity contribution in [3.8, 4) is 0 Å². The third-order valence-corrected chi connectivity index (χ3v) is 4.29. The second kappa shape index (κ2) is 6.13. The maximum atomic E-state index is 12.5. The highest BCUT2D eigenvalue weighted by Gasteiger charge is 2.27. The molecule has 1 aromatic heterocycles. The van der Waals surface area contributed by atoms with Gasteiger partial charge in [-0.3, -0.25) is 14.6 Å². The second-order valence-corrected chi connectivity index (χ2v) is 5.74. The number of carboxylic acid groups (broad SMARTS) is 1. The fourth-order valence-electron chi connectivity index (χ4n) is 3.04. The molecule has 0 aliphatic heterocycles. The third-order valence-electron chi connectivity index (χ3n) is 4.29. The summed E-state index contributed by atoms with van der Waals surface area (Å²) in [6.07, 6.45) is 4.33. The maximum Gasteiger partial charge on any atom is 0.306 e. The van der Waals surface area contributed by atoms with Crippen molar-refractivity contribution in [3.05, 3.63) is 42.1 Å². The van der Waals surface area contributed by atoms with Crippen molar-refractivity contribution in [3.63, 3.8) is 0 Å². The summed E-state index contributed by atoms with van der Waals surface area (Å²) in [7, 11) is 0. The number of carbonyl (C=O) groups is 2. The highest BCUT2D eigenvalue weighted by Crippen LogP contribution is 2.25. The van der Waals surface area contributed by atoms with Gasteiger partial charge in [0.15, 0.2) is 0 Å². The monoisotopic (exact) mass is 298 g/mol. The summed E-state index contributed by atoms with van der Waals surface area (Å²) in [5.41, 5.74) is 1.26. The predicted octanol–water partition coefficient (Wildman–Crippen LogP) is 2.61. The van der Waals surface area contributed by atoms with Crippen LogP contribution in [0, 0.1) is 5.92 Å². The fraction of sp³-hybridized carbons (Fsp3) is 0.353. The van der Waals surface area contributed by atoms with Gasteiger partial charge >= 0.3 is 5.97 Å². The number of amides is 1. The van der Waals surface area contributed by atoms with Crippen molar-refractivity contribution in [1.82, 2.24) is 10.3 Å². The van der Waals surface area contributed by atoms with E-state index in [4.69, 9.17) is 5.11 Å². The first-order chi connectivity index (χ1) is 10.6. The Balaban J connectivity index is 1.71. The van der Waals surface area contributed by atoms with Gasteiger partial charge in [-0.25, -0.2) is 0 Å². The van der Waals surface area contributed by atoms with Gasteiger partial charge in [-0.2, -0.15) is 0 Å². The molecule has 2 aromatic rings. The van der Waals surface area contributed by atoms with E-state index in [0.717, 1.165) is 5.39 Å². The van der Waals surface area contributed by atoms with Gasteiger partial charge in [0.25, 0.3) is 5.91 Å². The molecule has 114 valence electrons. The normalized spacial score (nSPS) is 21.5. The Kier molecular flexibility index (Phi) is 4.04. The molecule has 22 heavy (non-hydrogen) atoms. The van der Waals surface area contributed by atoms with E-state index in [2.05, 4.69) is 10.3 Å². The van der Waals surface area contributed by atoms with Gasteiger partial charge in [-0.15, -0.1) is 0 Å². The van der Waals surface area contributed by atoms with Crippen LogP contribution in [0.15, 0.2) is 36.5 Å². The standard InChI is InChI=1S/C17H18N2O3/c20-16(19-13-8-6-12(7-9-13)17(21)22)14-5-1-3-11-4-2-10-18-15(11)14/h1-5,10,12-13H,6-9H2,(H,19,20)(H,21,22). The third kappa shape index (κ3) is 2.93. The van der Waals surface area contributed by atoms with Crippen LogP contribution in [0.25, 0.3) is 10.9 Å². The summed E-state index contributed by atoms with van der Waals surface area (Å²) in [6, 6.07) is 9.36. The minimum atomic E-state index is -0.733. The van der Waals surface area contributed by atoms with Crippen LogP contribution in [-0.2, 0) is 4.79 Å². The summed E-state index contributed by atoms with van der Waals surface area (Å²) in [4.78, 5) is 27.7. The molecule has 2 N–H and O–H groups in total. The number of rotatable bonds is 3. The molecule has 3 rings (SSSR count). The first-order valence-electron chi connectivity index (χ1n) is 7.52. The highest BCUT2D eigenvalue weighted by atomic mass is 16.4. The summed E-state index contributed by atoms with van der Waals surface area (Å²) in [5, 5.41) is 13.0. The number of aliphatic carboxylic acids is 1. The van der Waals surface area contributed by atoms with Crippen molar-refractivity contribution in [1.29, 1.82) is 0 Å². The fourth-order valence-corrected chi connectivity index (χ4v) is 3.04. The Hall–Kier alpha value is -2.43. The molecule has 0 saturated heterocycles. The average molecular weight is 298 g/mol. The zero-order valence-corrected chi connectivity index (χ0v) is 12.2. The number of carboxylic acids is 1. The minimum Gasteiger partial charge on any atom is -0.481 e. The number of fused-ring (bicyclic) bond motifs is 1. The Bertz CT molecular complexity index is 701.